The summed E-state index contributed by atoms with van der Waals surface area (Å²) >= 11 is 6.10. The van der Waals surface area contributed by atoms with Gasteiger partial charge in [0.05, 0.1) is 11.8 Å². The fourth-order valence-electron chi connectivity index (χ4n) is 4.08. The highest BCUT2D eigenvalue weighted by Crippen LogP contribution is 2.33. The average molecular weight is 509 g/mol. The standard InChI is InChI=1S/C24H20ClF3N2O3S/c1-34(32,33)30-20-10-15-4-8-19(11-16(15)12-20)29-23(31)22-13-18(25)7-9-21(22)14-2-5-17(6-3-14)24(26,27)28/h2-9,11,13,20,30H,10,12H2,1H3,(H,29,31). The Morgan fingerprint density at radius 3 is 2.29 bits per heavy atom. The van der Waals surface area contributed by atoms with Crippen molar-refractivity contribution in [3.8, 4) is 11.1 Å². The lowest BCUT2D eigenvalue weighted by Gasteiger charge is -2.13. The van der Waals surface area contributed by atoms with E-state index in [1.54, 1.807) is 24.3 Å². The van der Waals surface area contributed by atoms with Gasteiger partial charge in [0.2, 0.25) is 10.0 Å². The maximum absolute atomic E-state index is 13.1. The number of nitrogens with one attached hydrogen (secondary N) is 2. The predicted molar refractivity (Wildman–Crippen MR) is 125 cm³/mol. The van der Waals surface area contributed by atoms with Gasteiger partial charge in [-0.1, -0.05) is 35.9 Å². The molecule has 1 atom stereocenters. The number of fused-ring (bicyclic) bond motifs is 1. The van der Waals surface area contributed by atoms with Crippen molar-refractivity contribution in [2.45, 2.75) is 25.1 Å². The van der Waals surface area contributed by atoms with Crippen LogP contribution in [-0.2, 0) is 29.0 Å². The van der Waals surface area contributed by atoms with E-state index in [0.29, 0.717) is 34.7 Å². The molecule has 0 aromatic heterocycles. The lowest BCUT2D eigenvalue weighted by atomic mass is 9.98. The van der Waals surface area contributed by atoms with E-state index >= 15 is 0 Å². The van der Waals surface area contributed by atoms with Crippen LogP contribution in [-0.4, -0.2) is 26.6 Å². The number of sulfonamides is 1. The summed E-state index contributed by atoms with van der Waals surface area (Å²) in [7, 11) is -3.33. The SMILES string of the molecule is CS(=O)(=O)NC1Cc2ccc(NC(=O)c3cc(Cl)ccc3-c3ccc(C(F)(F)F)cc3)cc2C1. The highest BCUT2D eigenvalue weighted by molar-refractivity contribution is 7.88. The number of hydrogen-bond donors (Lipinski definition) is 2. The second-order valence-electron chi connectivity index (χ2n) is 8.20. The van der Waals surface area contributed by atoms with Crippen LogP contribution in [0.25, 0.3) is 11.1 Å². The minimum absolute atomic E-state index is 0.212. The van der Waals surface area contributed by atoms with Gasteiger partial charge in [0, 0.05) is 22.3 Å². The average Bonchev–Trinajstić information content (AvgIpc) is 3.12. The van der Waals surface area contributed by atoms with E-state index in [-0.39, 0.29) is 11.6 Å². The van der Waals surface area contributed by atoms with E-state index < -0.39 is 27.7 Å². The van der Waals surface area contributed by atoms with Gasteiger partial charge in [-0.2, -0.15) is 13.2 Å². The number of halogens is 4. The largest absolute Gasteiger partial charge is 0.416 e. The molecule has 0 saturated carbocycles. The zero-order valence-electron chi connectivity index (χ0n) is 17.9. The van der Waals surface area contributed by atoms with E-state index in [9.17, 15) is 26.4 Å². The van der Waals surface area contributed by atoms with Crippen LogP contribution in [0.2, 0.25) is 5.02 Å². The number of anilines is 1. The summed E-state index contributed by atoms with van der Waals surface area (Å²) in [5.41, 5.74) is 2.75. The molecule has 5 nitrogen and oxygen atoms in total. The van der Waals surface area contributed by atoms with Crippen molar-refractivity contribution in [2.24, 2.45) is 0 Å². The van der Waals surface area contributed by atoms with E-state index in [4.69, 9.17) is 11.6 Å². The van der Waals surface area contributed by atoms with E-state index in [1.165, 1.54) is 18.2 Å². The van der Waals surface area contributed by atoms with Crippen molar-refractivity contribution in [3.63, 3.8) is 0 Å². The Kier molecular flexibility index (Phi) is 6.46. The summed E-state index contributed by atoms with van der Waals surface area (Å²) in [6.07, 6.45) is -2.29. The Labute approximate surface area is 200 Å². The molecule has 0 spiro atoms. The van der Waals surface area contributed by atoms with Crippen LogP contribution in [0.3, 0.4) is 0 Å². The molecule has 0 saturated heterocycles. The number of benzene rings is 3. The monoisotopic (exact) mass is 508 g/mol. The molecule has 4 rings (SSSR count). The van der Waals surface area contributed by atoms with Crippen LogP contribution in [0.5, 0.6) is 0 Å². The Morgan fingerprint density at radius 2 is 1.65 bits per heavy atom. The Hall–Kier alpha value is -2.88. The third-order valence-electron chi connectivity index (χ3n) is 5.53. The first kappa shape index (κ1) is 24.3. The van der Waals surface area contributed by atoms with Crippen LogP contribution < -0.4 is 10.0 Å². The van der Waals surface area contributed by atoms with Crippen molar-refractivity contribution >= 4 is 33.2 Å². The highest BCUT2D eigenvalue weighted by Gasteiger charge is 2.30. The molecular formula is C24H20ClF3N2O3S. The Bertz CT molecular complexity index is 1360. The molecule has 3 aromatic carbocycles. The molecule has 10 heteroatoms. The second kappa shape index (κ2) is 9.05. The van der Waals surface area contributed by atoms with Gasteiger partial charge in [-0.25, -0.2) is 13.1 Å². The number of carbonyl (C=O) groups excluding carboxylic acids is 1. The van der Waals surface area contributed by atoms with Crippen LogP contribution in [0.1, 0.15) is 27.0 Å². The first-order valence-corrected chi connectivity index (χ1v) is 12.5. The molecule has 0 radical (unpaired) electrons. The molecule has 0 bridgehead atoms. The number of hydrogen-bond acceptors (Lipinski definition) is 3. The van der Waals surface area contributed by atoms with Gasteiger partial charge in [0.1, 0.15) is 0 Å². The number of amides is 1. The third kappa shape index (κ3) is 5.60. The summed E-state index contributed by atoms with van der Waals surface area (Å²) in [5, 5.41) is 3.12. The number of alkyl halides is 3. The molecule has 178 valence electrons. The first-order valence-electron chi connectivity index (χ1n) is 10.3. The van der Waals surface area contributed by atoms with Crippen molar-refractivity contribution in [3.05, 3.63) is 87.9 Å². The smallest absolute Gasteiger partial charge is 0.322 e. The van der Waals surface area contributed by atoms with Crippen molar-refractivity contribution in [2.75, 3.05) is 11.6 Å². The van der Waals surface area contributed by atoms with E-state index in [0.717, 1.165) is 29.5 Å². The maximum atomic E-state index is 13.1. The van der Waals surface area contributed by atoms with Crippen LogP contribution in [0, 0.1) is 0 Å². The molecule has 1 amide bonds. The lowest BCUT2D eigenvalue weighted by molar-refractivity contribution is -0.137. The van der Waals surface area contributed by atoms with E-state index in [2.05, 4.69) is 10.0 Å². The minimum Gasteiger partial charge on any atom is -0.322 e. The Balaban J connectivity index is 1.57. The molecule has 2 N–H and O–H groups in total. The third-order valence-corrected chi connectivity index (χ3v) is 6.52. The molecule has 0 heterocycles. The summed E-state index contributed by atoms with van der Waals surface area (Å²) in [6, 6.07) is 14.3. The quantitative estimate of drug-likeness (QED) is 0.491. The lowest BCUT2D eigenvalue weighted by Crippen LogP contribution is -2.34. The summed E-state index contributed by atoms with van der Waals surface area (Å²) in [4.78, 5) is 13.1. The van der Waals surface area contributed by atoms with Crippen molar-refractivity contribution in [1.29, 1.82) is 0 Å². The molecule has 1 aliphatic carbocycles. The van der Waals surface area contributed by atoms with Crippen molar-refractivity contribution < 1.29 is 26.4 Å². The molecule has 0 fully saturated rings. The normalized spacial score (nSPS) is 15.7. The summed E-state index contributed by atoms with van der Waals surface area (Å²) in [6.45, 7) is 0. The molecule has 1 unspecified atom stereocenters. The number of rotatable bonds is 5. The molecular weight excluding hydrogens is 489 g/mol. The van der Waals surface area contributed by atoms with Crippen LogP contribution in [0.4, 0.5) is 18.9 Å². The maximum Gasteiger partial charge on any atom is 0.416 e. The fourth-order valence-corrected chi connectivity index (χ4v) is 5.02. The van der Waals surface area contributed by atoms with Crippen LogP contribution >= 0.6 is 11.6 Å². The van der Waals surface area contributed by atoms with E-state index in [1.807, 2.05) is 6.07 Å². The molecule has 0 aliphatic heterocycles. The van der Waals surface area contributed by atoms with Gasteiger partial charge in [-0.3, -0.25) is 4.79 Å². The fraction of sp³-hybridized carbons (Fsp3) is 0.208. The molecule has 3 aromatic rings. The van der Waals surface area contributed by atoms with Gasteiger partial charge in [0.15, 0.2) is 0 Å². The minimum atomic E-state index is -4.46. The summed E-state index contributed by atoms with van der Waals surface area (Å²) < 4.78 is 64.4. The molecule has 34 heavy (non-hydrogen) atoms. The Morgan fingerprint density at radius 1 is 0.971 bits per heavy atom. The first-order chi connectivity index (χ1) is 15.9. The van der Waals surface area contributed by atoms with Gasteiger partial charge < -0.3 is 5.32 Å². The van der Waals surface area contributed by atoms with Crippen molar-refractivity contribution in [1.82, 2.24) is 4.72 Å². The van der Waals surface area contributed by atoms with Gasteiger partial charge in [-0.15, -0.1) is 0 Å². The highest BCUT2D eigenvalue weighted by atomic mass is 35.5. The predicted octanol–water partition coefficient (Wildman–Crippen LogP) is 5.29. The molecule has 1 aliphatic rings. The zero-order chi connectivity index (χ0) is 24.7. The van der Waals surface area contributed by atoms with Crippen LogP contribution in [0.15, 0.2) is 60.7 Å². The summed E-state index contributed by atoms with van der Waals surface area (Å²) in [5.74, 6) is -0.471. The van der Waals surface area contributed by atoms with Gasteiger partial charge in [-0.05, 0) is 71.5 Å². The zero-order valence-corrected chi connectivity index (χ0v) is 19.5. The van der Waals surface area contributed by atoms with Gasteiger partial charge >= 0.3 is 6.18 Å². The van der Waals surface area contributed by atoms with Gasteiger partial charge in [0.25, 0.3) is 5.91 Å². The second-order valence-corrected chi connectivity index (χ2v) is 10.4. The topological polar surface area (TPSA) is 75.3 Å². The number of carbonyl (C=O) groups is 1.